The number of methoxy groups -OCH3 is 2. The van der Waals surface area contributed by atoms with E-state index in [1.807, 2.05) is 0 Å². The number of amides is 1. The third-order valence-electron chi connectivity index (χ3n) is 3.41. The number of hydrogen-bond acceptors (Lipinski definition) is 4. The molecule has 0 unspecified atom stereocenters. The maximum Gasteiger partial charge on any atom is 0.255 e. The molecule has 0 fully saturated rings. The van der Waals surface area contributed by atoms with Crippen molar-refractivity contribution in [2.45, 2.75) is 13.8 Å². The van der Waals surface area contributed by atoms with E-state index >= 15 is 0 Å². The number of halogens is 1. The summed E-state index contributed by atoms with van der Waals surface area (Å²) in [6, 6.07) is 10.5. The van der Waals surface area contributed by atoms with Crippen LogP contribution in [-0.4, -0.2) is 26.7 Å². The van der Waals surface area contributed by atoms with Crippen LogP contribution in [0.5, 0.6) is 17.2 Å². The first kappa shape index (κ1) is 19.1. The van der Waals surface area contributed by atoms with Crippen LogP contribution in [0.3, 0.4) is 0 Å². The lowest BCUT2D eigenvalue weighted by atomic mass is 10.2. The van der Waals surface area contributed by atoms with Crippen LogP contribution in [0.15, 0.2) is 40.9 Å². The predicted molar refractivity (Wildman–Crippen MR) is 102 cm³/mol. The molecule has 0 aliphatic heterocycles. The van der Waals surface area contributed by atoms with Crippen LogP contribution in [-0.2, 0) is 0 Å². The second-order valence-corrected chi connectivity index (χ2v) is 6.73. The summed E-state index contributed by atoms with van der Waals surface area (Å²) in [4.78, 5) is 12.5. The Kier molecular flexibility index (Phi) is 6.70. The van der Waals surface area contributed by atoms with Crippen molar-refractivity contribution < 1.29 is 19.0 Å². The third kappa shape index (κ3) is 5.13. The lowest BCUT2D eigenvalue weighted by Crippen LogP contribution is -2.12. The monoisotopic (exact) mass is 407 g/mol. The molecule has 2 rings (SSSR count). The summed E-state index contributed by atoms with van der Waals surface area (Å²) in [5, 5.41) is 2.85. The minimum atomic E-state index is -0.219. The van der Waals surface area contributed by atoms with Gasteiger partial charge in [-0.25, -0.2) is 0 Å². The number of ether oxygens (including phenoxy) is 3. The SMILES string of the molecule is COc1ccc(NC(=O)c2ccc(OCC(C)C)c(Br)c2)cc1OC. The lowest BCUT2D eigenvalue weighted by Gasteiger charge is -2.12. The fourth-order valence-corrected chi connectivity index (χ4v) is 2.63. The quantitative estimate of drug-likeness (QED) is 0.718. The zero-order valence-corrected chi connectivity index (χ0v) is 16.3. The van der Waals surface area contributed by atoms with Crippen molar-refractivity contribution >= 4 is 27.5 Å². The van der Waals surface area contributed by atoms with Crippen molar-refractivity contribution in [3.05, 3.63) is 46.4 Å². The highest BCUT2D eigenvalue weighted by Gasteiger charge is 2.12. The zero-order chi connectivity index (χ0) is 18.4. The number of carbonyl (C=O) groups is 1. The van der Waals surface area contributed by atoms with Crippen molar-refractivity contribution in [3.8, 4) is 17.2 Å². The highest BCUT2D eigenvalue weighted by molar-refractivity contribution is 9.10. The Morgan fingerprint density at radius 2 is 1.72 bits per heavy atom. The highest BCUT2D eigenvalue weighted by atomic mass is 79.9. The first-order valence-electron chi connectivity index (χ1n) is 7.90. The van der Waals surface area contributed by atoms with Crippen LogP contribution < -0.4 is 19.5 Å². The van der Waals surface area contributed by atoms with Gasteiger partial charge in [0.15, 0.2) is 11.5 Å². The number of anilines is 1. The van der Waals surface area contributed by atoms with E-state index in [1.54, 1.807) is 50.6 Å². The fourth-order valence-electron chi connectivity index (χ4n) is 2.13. The van der Waals surface area contributed by atoms with Crippen LogP contribution >= 0.6 is 15.9 Å². The number of hydrogen-bond donors (Lipinski definition) is 1. The molecule has 0 atom stereocenters. The molecule has 0 bridgehead atoms. The molecule has 5 nitrogen and oxygen atoms in total. The van der Waals surface area contributed by atoms with Gasteiger partial charge in [-0.15, -0.1) is 0 Å². The molecule has 0 aliphatic carbocycles. The average Bonchev–Trinajstić information content (AvgIpc) is 2.60. The molecule has 1 amide bonds. The standard InChI is InChI=1S/C19H22BrNO4/c1-12(2)11-25-16-7-5-13(9-15(16)20)19(22)21-14-6-8-17(23-3)18(10-14)24-4/h5-10,12H,11H2,1-4H3,(H,21,22). The van der Waals surface area contributed by atoms with Crippen molar-refractivity contribution in [1.29, 1.82) is 0 Å². The molecule has 6 heteroatoms. The topological polar surface area (TPSA) is 56.8 Å². The maximum absolute atomic E-state index is 12.5. The number of nitrogens with one attached hydrogen (secondary N) is 1. The summed E-state index contributed by atoms with van der Waals surface area (Å²) >= 11 is 3.45. The van der Waals surface area contributed by atoms with Crippen molar-refractivity contribution in [3.63, 3.8) is 0 Å². The van der Waals surface area contributed by atoms with Gasteiger partial charge in [-0.1, -0.05) is 13.8 Å². The summed E-state index contributed by atoms with van der Waals surface area (Å²) in [7, 11) is 3.12. The molecule has 0 spiro atoms. The molecule has 134 valence electrons. The molecule has 25 heavy (non-hydrogen) atoms. The molecule has 2 aromatic carbocycles. The van der Waals surface area contributed by atoms with E-state index in [1.165, 1.54) is 0 Å². The Labute approximate surface area is 156 Å². The van der Waals surface area contributed by atoms with Crippen LogP contribution in [0.25, 0.3) is 0 Å². The van der Waals surface area contributed by atoms with Gasteiger partial charge >= 0.3 is 0 Å². The highest BCUT2D eigenvalue weighted by Crippen LogP contribution is 2.30. The summed E-state index contributed by atoms with van der Waals surface area (Å²) in [5.74, 6) is 2.09. The molecule has 0 saturated heterocycles. The second-order valence-electron chi connectivity index (χ2n) is 5.87. The van der Waals surface area contributed by atoms with Gasteiger partial charge in [0.05, 0.1) is 25.3 Å². The smallest absolute Gasteiger partial charge is 0.255 e. The van der Waals surface area contributed by atoms with Gasteiger partial charge in [0.2, 0.25) is 0 Å². The molecule has 0 aromatic heterocycles. The molecule has 0 saturated carbocycles. The van der Waals surface area contributed by atoms with Gasteiger partial charge in [0.25, 0.3) is 5.91 Å². The van der Waals surface area contributed by atoms with E-state index in [0.717, 1.165) is 10.2 Å². The Morgan fingerprint density at radius 3 is 2.32 bits per heavy atom. The minimum Gasteiger partial charge on any atom is -0.493 e. The van der Waals surface area contributed by atoms with Crippen molar-refractivity contribution in [1.82, 2.24) is 0 Å². The van der Waals surface area contributed by atoms with Gasteiger partial charge < -0.3 is 19.5 Å². The summed E-state index contributed by atoms with van der Waals surface area (Å²) in [6.07, 6.45) is 0. The van der Waals surface area contributed by atoms with E-state index in [9.17, 15) is 4.79 Å². The van der Waals surface area contributed by atoms with E-state index in [0.29, 0.717) is 35.3 Å². The first-order valence-corrected chi connectivity index (χ1v) is 8.69. The fraction of sp³-hybridized carbons (Fsp3) is 0.316. The van der Waals surface area contributed by atoms with Crippen molar-refractivity contribution in [2.24, 2.45) is 5.92 Å². The molecular formula is C19H22BrNO4. The number of carbonyl (C=O) groups excluding carboxylic acids is 1. The molecule has 0 heterocycles. The molecule has 0 radical (unpaired) electrons. The second kappa shape index (κ2) is 8.76. The Hall–Kier alpha value is -2.21. The van der Waals surface area contributed by atoms with Crippen LogP contribution in [0, 0.1) is 5.92 Å². The van der Waals surface area contributed by atoms with E-state index < -0.39 is 0 Å². The lowest BCUT2D eigenvalue weighted by molar-refractivity contribution is 0.102. The van der Waals surface area contributed by atoms with Gasteiger partial charge in [0.1, 0.15) is 5.75 Å². The minimum absolute atomic E-state index is 0.219. The Morgan fingerprint density at radius 1 is 1.04 bits per heavy atom. The summed E-state index contributed by atoms with van der Waals surface area (Å²) in [6.45, 7) is 4.79. The van der Waals surface area contributed by atoms with Gasteiger partial charge in [-0.2, -0.15) is 0 Å². The summed E-state index contributed by atoms with van der Waals surface area (Å²) < 4.78 is 16.9. The molecule has 0 aliphatic rings. The predicted octanol–water partition coefficient (Wildman–Crippen LogP) is 4.75. The third-order valence-corrected chi connectivity index (χ3v) is 4.03. The zero-order valence-electron chi connectivity index (χ0n) is 14.8. The van der Waals surface area contributed by atoms with E-state index in [-0.39, 0.29) is 5.91 Å². The van der Waals surface area contributed by atoms with E-state index in [4.69, 9.17) is 14.2 Å². The van der Waals surface area contributed by atoms with Crippen LogP contribution in [0.2, 0.25) is 0 Å². The van der Waals surface area contributed by atoms with E-state index in [2.05, 4.69) is 35.1 Å². The van der Waals surface area contributed by atoms with Gasteiger partial charge in [-0.3, -0.25) is 4.79 Å². The number of benzene rings is 2. The number of rotatable bonds is 7. The average molecular weight is 408 g/mol. The van der Waals surface area contributed by atoms with Crippen LogP contribution in [0.1, 0.15) is 24.2 Å². The summed E-state index contributed by atoms with van der Waals surface area (Å²) in [5.41, 5.74) is 1.15. The van der Waals surface area contributed by atoms with Crippen molar-refractivity contribution in [2.75, 3.05) is 26.1 Å². The van der Waals surface area contributed by atoms with Gasteiger partial charge in [-0.05, 0) is 52.2 Å². The first-order chi connectivity index (χ1) is 11.9. The van der Waals surface area contributed by atoms with Crippen LogP contribution in [0.4, 0.5) is 5.69 Å². The largest absolute Gasteiger partial charge is 0.493 e. The maximum atomic E-state index is 12.5. The molecule has 2 aromatic rings. The normalized spacial score (nSPS) is 10.5. The van der Waals surface area contributed by atoms with Gasteiger partial charge in [0, 0.05) is 17.3 Å². The Balaban J connectivity index is 2.12. The molecule has 1 N–H and O–H groups in total. The molecular weight excluding hydrogens is 386 g/mol. The Bertz CT molecular complexity index is 746.